The van der Waals surface area contributed by atoms with Crippen LogP contribution in [0.1, 0.15) is 11.3 Å². The van der Waals surface area contributed by atoms with Crippen molar-refractivity contribution in [1.82, 2.24) is 19.1 Å². The number of aromatic nitrogens is 4. The quantitative estimate of drug-likeness (QED) is 0.166. The minimum absolute atomic E-state index is 0.232. The van der Waals surface area contributed by atoms with Crippen molar-refractivity contribution in [3.05, 3.63) is 192 Å². The van der Waals surface area contributed by atoms with Crippen molar-refractivity contribution in [1.29, 1.82) is 0 Å². The fourth-order valence-corrected chi connectivity index (χ4v) is 11.7. The normalized spacial score (nSPS) is 12.1. The Balaban J connectivity index is 1.13. The number of nitrogens with zero attached hydrogens (tertiary/aromatic N) is 4. The molecule has 0 N–H and O–H groups in total. The number of para-hydroxylation sites is 2. The average molecular weight is 831 g/mol. The van der Waals surface area contributed by atoms with Crippen LogP contribution in [0.5, 0.6) is 0 Å². The Morgan fingerprint density at radius 1 is 0.484 bits per heavy atom. The molecule has 0 aliphatic rings. The van der Waals surface area contributed by atoms with Crippen molar-refractivity contribution in [2.24, 2.45) is 0 Å². The molecule has 0 spiro atoms. The number of hydrogen-bond acceptors (Lipinski definition) is 3. The minimum Gasteiger partial charge on any atom is -0.309 e. The number of fused-ring (bicyclic) bond motifs is 14. The van der Waals surface area contributed by atoms with Crippen molar-refractivity contribution in [2.75, 3.05) is 0 Å². The van der Waals surface area contributed by atoms with Gasteiger partial charge in [0.25, 0.3) is 0 Å². The zero-order chi connectivity index (χ0) is 41.2. The summed E-state index contributed by atoms with van der Waals surface area (Å²) >= 11 is 8.67. The maximum absolute atomic E-state index is 6.82. The number of thiophene rings is 1. The molecule has 0 radical (unpaired) electrons. The summed E-state index contributed by atoms with van der Waals surface area (Å²) in [5.74, 6) is 0.785. The summed E-state index contributed by atoms with van der Waals surface area (Å²) in [6.45, 7) is 4.19. The lowest BCUT2D eigenvalue weighted by molar-refractivity contribution is 1.02. The lowest BCUT2D eigenvalue weighted by atomic mass is 9.94. The van der Waals surface area contributed by atoms with Gasteiger partial charge in [0.15, 0.2) is 5.82 Å². The molecule has 62 heavy (non-hydrogen) atoms. The molecule has 4 nitrogen and oxygen atoms in total. The van der Waals surface area contributed by atoms with Gasteiger partial charge in [0, 0.05) is 48.0 Å². The number of rotatable bonds is 4. The molecule has 0 unspecified atom stereocenters. The zero-order valence-electron chi connectivity index (χ0n) is 33.8. The Kier molecular flexibility index (Phi) is 7.63. The van der Waals surface area contributed by atoms with Gasteiger partial charge < -0.3 is 4.57 Å². The highest BCUT2D eigenvalue weighted by Gasteiger charge is 2.26. The van der Waals surface area contributed by atoms with E-state index in [1.807, 2.05) is 18.3 Å². The van der Waals surface area contributed by atoms with Gasteiger partial charge in [-0.3, -0.25) is 4.57 Å². The molecule has 6 heteroatoms. The molecule has 292 valence electrons. The van der Waals surface area contributed by atoms with Crippen molar-refractivity contribution < 1.29 is 0 Å². The van der Waals surface area contributed by atoms with Crippen LogP contribution >= 0.6 is 22.9 Å². The van der Waals surface area contributed by atoms with Crippen LogP contribution in [0.4, 0.5) is 0 Å². The van der Waals surface area contributed by atoms with Crippen molar-refractivity contribution in [3.63, 3.8) is 0 Å². The number of halogens is 1. The molecular formula is C56H35ClN4S. The fourth-order valence-electron chi connectivity index (χ4n) is 10.2. The molecule has 0 saturated carbocycles. The molecule has 0 saturated heterocycles. The van der Waals surface area contributed by atoms with Crippen LogP contribution in [0.3, 0.4) is 0 Å². The first-order valence-corrected chi connectivity index (χ1v) is 22.1. The third-order valence-corrected chi connectivity index (χ3v) is 14.3. The SMILES string of the molecule is Cc1ccccc1-c1c(C)nc(Cl)nc1-n1c2ccccc2c2c3ccc(-c4ccc5c6ccccc6n(-c6cccc7ccccc67)c5c4)cc3c3c4ccccc4sc3c21. The first-order valence-electron chi connectivity index (χ1n) is 20.9. The Hall–Kier alpha value is -7.31. The molecule has 13 aromatic rings. The van der Waals surface area contributed by atoms with Gasteiger partial charge in [-0.05, 0) is 100 Å². The van der Waals surface area contributed by atoms with Crippen LogP contribution in [-0.4, -0.2) is 19.1 Å². The van der Waals surface area contributed by atoms with Crippen LogP contribution < -0.4 is 0 Å². The van der Waals surface area contributed by atoms with Gasteiger partial charge >= 0.3 is 0 Å². The Morgan fingerprint density at radius 2 is 1.13 bits per heavy atom. The van der Waals surface area contributed by atoms with Gasteiger partial charge in [-0.15, -0.1) is 11.3 Å². The summed E-state index contributed by atoms with van der Waals surface area (Å²) in [4.78, 5) is 9.81. The van der Waals surface area contributed by atoms with Crippen LogP contribution in [0.25, 0.3) is 119 Å². The largest absolute Gasteiger partial charge is 0.309 e. The molecule has 0 aliphatic heterocycles. The van der Waals surface area contributed by atoms with E-state index < -0.39 is 0 Å². The van der Waals surface area contributed by atoms with Gasteiger partial charge in [0.2, 0.25) is 5.28 Å². The smallest absolute Gasteiger partial charge is 0.224 e. The maximum atomic E-state index is 6.82. The molecule has 0 amide bonds. The lowest BCUT2D eigenvalue weighted by Crippen LogP contribution is -2.05. The average Bonchev–Trinajstić information content (AvgIpc) is 3.97. The first-order chi connectivity index (χ1) is 30.5. The lowest BCUT2D eigenvalue weighted by Gasteiger charge is -2.17. The predicted octanol–water partition coefficient (Wildman–Crippen LogP) is 15.9. The Labute approximate surface area is 365 Å². The number of aryl methyl sites for hydroxylation is 2. The van der Waals surface area contributed by atoms with E-state index in [-0.39, 0.29) is 5.28 Å². The molecule has 13 rings (SSSR count). The third kappa shape index (κ3) is 5.01. The summed E-state index contributed by atoms with van der Waals surface area (Å²) < 4.78 is 7.28. The summed E-state index contributed by atoms with van der Waals surface area (Å²) in [6.07, 6.45) is 0. The van der Waals surface area contributed by atoms with Crippen LogP contribution in [0.15, 0.2) is 176 Å². The second-order valence-corrected chi connectivity index (χ2v) is 17.7. The topological polar surface area (TPSA) is 35.6 Å². The summed E-state index contributed by atoms with van der Waals surface area (Å²) in [5, 5.41) is 12.5. The van der Waals surface area contributed by atoms with E-state index in [1.165, 1.54) is 91.1 Å². The molecule has 9 aromatic carbocycles. The van der Waals surface area contributed by atoms with Gasteiger partial charge in [-0.25, -0.2) is 4.98 Å². The highest BCUT2D eigenvalue weighted by molar-refractivity contribution is 7.27. The van der Waals surface area contributed by atoms with E-state index in [4.69, 9.17) is 21.6 Å². The van der Waals surface area contributed by atoms with Gasteiger partial charge in [-0.1, -0.05) is 140 Å². The van der Waals surface area contributed by atoms with Crippen LogP contribution in [-0.2, 0) is 0 Å². The standard InChI is InChI=1S/C56H35ClN4S/c1-32-14-3-5-17-37(32)50-33(2)58-56(57)59-55(50)61-47-23-11-8-20-42(47)51-41-29-27-35(30-44(41)52-43-21-9-12-25-49(43)62-54(52)53(51)61)36-26-28-40-39-19-7-10-22-46(39)60(48(40)31-36)45-24-13-16-34-15-4-6-18-38(34)45/h3-31H,1-2H3. The zero-order valence-corrected chi connectivity index (χ0v) is 35.4. The second-order valence-electron chi connectivity index (χ2n) is 16.3. The Bertz CT molecular complexity index is 4030. The van der Waals surface area contributed by atoms with E-state index in [9.17, 15) is 0 Å². The predicted molar refractivity (Wildman–Crippen MR) is 264 cm³/mol. The van der Waals surface area contributed by atoms with Crippen molar-refractivity contribution in [3.8, 4) is 33.8 Å². The Morgan fingerprint density at radius 3 is 1.97 bits per heavy atom. The van der Waals surface area contributed by atoms with Crippen molar-refractivity contribution >= 4 is 108 Å². The maximum Gasteiger partial charge on any atom is 0.224 e. The molecule has 0 bridgehead atoms. The monoisotopic (exact) mass is 830 g/mol. The molecule has 4 heterocycles. The highest BCUT2D eigenvalue weighted by Crippen LogP contribution is 2.50. The van der Waals surface area contributed by atoms with Gasteiger partial charge in [-0.2, -0.15) is 4.98 Å². The number of hydrogen-bond donors (Lipinski definition) is 0. The minimum atomic E-state index is 0.232. The molecular weight excluding hydrogens is 796 g/mol. The van der Waals surface area contributed by atoms with Gasteiger partial charge in [0.1, 0.15) is 0 Å². The summed E-state index contributed by atoms with van der Waals surface area (Å²) in [5.41, 5.74) is 12.2. The van der Waals surface area contributed by atoms with E-state index in [2.05, 4.69) is 192 Å². The molecule has 0 atom stereocenters. The molecule has 4 aromatic heterocycles. The van der Waals surface area contributed by atoms with E-state index in [1.54, 1.807) is 0 Å². The summed E-state index contributed by atoms with van der Waals surface area (Å²) in [6, 6.07) is 64.2. The van der Waals surface area contributed by atoms with E-state index >= 15 is 0 Å². The third-order valence-electron chi connectivity index (χ3n) is 12.9. The summed E-state index contributed by atoms with van der Waals surface area (Å²) in [7, 11) is 0. The van der Waals surface area contributed by atoms with Crippen LogP contribution in [0, 0.1) is 13.8 Å². The highest BCUT2D eigenvalue weighted by atomic mass is 35.5. The second kappa shape index (κ2) is 13.3. The molecule has 0 aliphatic carbocycles. The fraction of sp³-hybridized carbons (Fsp3) is 0.0357. The molecule has 0 fully saturated rings. The van der Waals surface area contributed by atoms with Gasteiger partial charge in [0.05, 0.1) is 38.1 Å². The van der Waals surface area contributed by atoms with E-state index in [0.717, 1.165) is 39.2 Å². The van der Waals surface area contributed by atoms with Crippen molar-refractivity contribution in [2.45, 2.75) is 13.8 Å². The first kappa shape index (κ1) is 35.4. The van der Waals surface area contributed by atoms with Crippen LogP contribution in [0.2, 0.25) is 5.28 Å². The number of benzene rings is 9. The van der Waals surface area contributed by atoms with E-state index in [0.29, 0.717) is 0 Å².